The molecule has 0 radical (unpaired) electrons. The average Bonchev–Trinajstić information content (AvgIpc) is 2.70. The van der Waals surface area contributed by atoms with Crippen molar-refractivity contribution in [1.82, 2.24) is 0 Å². The van der Waals surface area contributed by atoms with E-state index in [9.17, 15) is 26.3 Å². The maximum Gasteiger partial charge on any atom is 0.340 e. The molecule has 0 saturated carbocycles. The van der Waals surface area contributed by atoms with E-state index in [4.69, 9.17) is 5.11 Å². The summed E-state index contributed by atoms with van der Waals surface area (Å²) in [6.45, 7) is -0.540. The molecule has 1 fully saturated rings. The fraction of sp³-hybridized carbons (Fsp3) is 0.273. The van der Waals surface area contributed by atoms with Gasteiger partial charge in [-0.2, -0.15) is 8.42 Å². The second kappa shape index (κ2) is 4.82. The van der Waals surface area contributed by atoms with Gasteiger partial charge in [-0.3, -0.25) is 4.79 Å². The van der Waals surface area contributed by atoms with Crippen LogP contribution in [0.2, 0.25) is 0 Å². The summed E-state index contributed by atoms with van der Waals surface area (Å²) >= 11 is 0. The molecule has 0 spiro atoms. The van der Waals surface area contributed by atoms with Crippen LogP contribution in [-0.4, -0.2) is 37.2 Å². The number of hydrogen-bond acceptors (Lipinski definition) is 4. The van der Waals surface area contributed by atoms with Gasteiger partial charge in [0.25, 0.3) is 0 Å². The van der Waals surface area contributed by atoms with E-state index >= 15 is 0 Å². The van der Waals surface area contributed by atoms with Crippen LogP contribution in [-0.2, 0) is 15.0 Å². The van der Waals surface area contributed by atoms with Gasteiger partial charge in [0.2, 0.25) is 5.91 Å². The lowest BCUT2D eigenvalue weighted by atomic mass is 10.1. The molecule has 0 aliphatic carbocycles. The number of carboxylic acids is 1. The van der Waals surface area contributed by atoms with E-state index in [1.54, 1.807) is 0 Å². The van der Waals surface area contributed by atoms with E-state index in [2.05, 4.69) is 0 Å². The number of rotatable bonds is 3. The molecule has 1 aliphatic heterocycles. The van der Waals surface area contributed by atoms with Crippen molar-refractivity contribution >= 4 is 27.8 Å². The maximum atomic E-state index is 13.5. The number of carbonyl (C=O) groups is 2. The van der Waals surface area contributed by atoms with Crippen LogP contribution in [0, 0.1) is 5.82 Å². The van der Waals surface area contributed by atoms with Gasteiger partial charge in [0, 0.05) is 13.0 Å². The molecule has 20 heavy (non-hydrogen) atoms. The number of aromatic carboxylic acids is 1. The molecule has 1 atom stereocenters. The minimum Gasteiger partial charge on any atom is -0.478 e. The summed E-state index contributed by atoms with van der Waals surface area (Å²) in [7, 11) is -4.92. The van der Waals surface area contributed by atoms with Crippen molar-refractivity contribution in [1.29, 1.82) is 0 Å². The first-order valence-electron chi connectivity index (χ1n) is 5.47. The van der Waals surface area contributed by atoms with Crippen molar-refractivity contribution in [2.45, 2.75) is 11.7 Å². The first kappa shape index (κ1) is 14.4. The number of carboxylic acid groups (broad SMARTS) is 1. The number of anilines is 1. The molecule has 1 unspecified atom stereocenters. The molecular weight excluding hydrogens is 296 g/mol. The third-order valence-electron chi connectivity index (χ3n) is 2.98. The van der Waals surface area contributed by atoms with Crippen molar-refractivity contribution in [3.8, 4) is 0 Å². The minimum atomic E-state index is -4.92. The smallest absolute Gasteiger partial charge is 0.340 e. The number of benzene rings is 1. The summed E-state index contributed by atoms with van der Waals surface area (Å²) in [5.41, 5.74) is -1.04. The Morgan fingerprint density at radius 3 is 2.55 bits per heavy atom. The second-order valence-electron chi connectivity index (χ2n) is 4.25. The third kappa shape index (κ3) is 2.48. The predicted octanol–water partition coefficient (Wildman–Crippen LogP) is 0.929. The quantitative estimate of drug-likeness (QED) is 0.839. The van der Waals surface area contributed by atoms with Crippen LogP contribution in [0.4, 0.5) is 14.0 Å². The molecule has 1 aromatic carbocycles. The standard InChI is InChI=1S/C11H9F2NO5S/c12-7-2-1-3-8(10(7)11(16)17)14-5-6(4-9(14)15)20(13,18)19/h1-3,6H,4-5H2,(H,16,17). The summed E-state index contributed by atoms with van der Waals surface area (Å²) in [6, 6.07) is 3.25. The monoisotopic (exact) mass is 305 g/mol. The van der Waals surface area contributed by atoms with Gasteiger partial charge in [-0.25, -0.2) is 9.18 Å². The molecule has 6 nitrogen and oxygen atoms in total. The molecular formula is C11H9F2NO5S. The normalized spacial score (nSPS) is 19.4. The molecule has 1 heterocycles. The number of nitrogens with zero attached hydrogens (tertiary/aromatic N) is 1. The van der Waals surface area contributed by atoms with Crippen molar-refractivity contribution in [2.24, 2.45) is 0 Å². The van der Waals surface area contributed by atoms with Gasteiger partial charge in [-0.1, -0.05) is 6.07 Å². The van der Waals surface area contributed by atoms with Crippen molar-refractivity contribution in [2.75, 3.05) is 11.4 Å². The van der Waals surface area contributed by atoms with Crippen molar-refractivity contribution < 1.29 is 31.4 Å². The summed E-state index contributed by atoms with van der Waals surface area (Å²) in [5, 5.41) is 7.38. The number of hydrogen-bond donors (Lipinski definition) is 1. The maximum absolute atomic E-state index is 13.5. The third-order valence-corrected chi connectivity index (χ3v) is 4.10. The van der Waals surface area contributed by atoms with Crippen LogP contribution >= 0.6 is 0 Å². The van der Waals surface area contributed by atoms with Gasteiger partial charge >= 0.3 is 16.2 Å². The van der Waals surface area contributed by atoms with E-state index in [1.807, 2.05) is 0 Å². The van der Waals surface area contributed by atoms with E-state index in [1.165, 1.54) is 6.07 Å². The van der Waals surface area contributed by atoms with E-state index in [-0.39, 0.29) is 5.69 Å². The zero-order chi connectivity index (χ0) is 15.1. The molecule has 0 bridgehead atoms. The van der Waals surface area contributed by atoms with E-state index < -0.39 is 51.7 Å². The van der Waals surface area contributed by atoms with Gasteiger partial charge in [0.15, 0.2) is 0 Å². The van der Waals surface area contributed by atoms with Crippen molar-refractivity contribution in [3.05, 3.63) is 29.6 Å². The Bertz CT molecular complexity index is 688. The molecule has 0 aromatic heterocycles. The highest BCUT2D eigenvalue weighted by atomic mass is 32.3. The molecule has 1 amide bonds. The second-order valence-corrected chi connectivity index (χ2v) is 5.86. The summed E-state index contributed by atoms with van der Waals surface area (Å²) in [6.07, 6.45) is -0.603. The van der Waals surface area contributed by atoms with Crippen molar-refractivity contribution in [3.63, 3.8) is 0 Å². The molecule has 1 N–H and O–H groups in total. The van der Waals surface area contributed by atoms with Gasteiger partial charge < -0.3 is 10.0 Å². The summed E-state index contributed by atoms with van der Waals surface area (Å²) in [4.78, 5) is 23.5. The summed E-state index contributed by atoms with van der Waals surface area (Å²) in [5.74, 6) is -3.43. The number of carbonyl (C=O) groups excluding carboxylic acids is 1. The topological polar surface area (TPSA) is 91.8 Å². The Balaban J connectivity index is 2.46. The van der Waals surface area contributed by atoms with Crippen LogP contribution in [0.25, 0.3) is 0 Å². The van der Waals surface area contributed by atoms with Gasteiger partial charge in [0.05, 0.1) is 5.69 Å². The van der Waals surface area contributed by atoms with Gasteiger partial charge in [-0.15, -0.1) is 3.89 Å². The van der Waals surface area contributed by atoms with Gasteiger partial charge in [0.1, 0.15) is 16.6 Å². The lowest BCUT2D eigenvalue weighted by Gasteiger charge is -2.18. The molecule has 1 aromatic rings. The molecule has 1 saturated heterocycles. The van der Waals surface area contributed by atoms with Crippen LogP contribution < -0.4 is 4.90 Å². The Kier molecular flexibility index (Phi) is 3.46. The predicted molar refractivity (Wildman–Crippen MR) is 64.1 cm³/mol. The van der Waals surface area contributed by atoms with E-state index in [0.717, 1.165) is 17.0 Å². The van der Waals surface area contributed by atoms with Crippen LogP contribution in [0.3, 0.4) is 0 Å². The average molecular weight is 305 g/mol. The highest BCUT2D eigenvalue weighted by Crippen LogP contribution is 2.30. The minimum absolute atomic E-state index is 0.284. The van der Waals surface area contributed by atoms with Crippen LogP contribution in [0.1, 0.15) is 16.8 Å². The Hall–Kier alpha value is -2.03. The highest BCUT2D eigenvalue weighted by Gasteiger charge is 2.40. The lowest BCUT2D eigenvalue weighted by Crippen LogP contribution is -2.28. The Labute approximate surface area is 112 Å². The SMILES string of the molecule is O=C(O)c1c(F)cccc1N1CC(S(=O)(=O)F)CC1=O. The Morgan fingerprint density at radius 2 is 2.05 bits per heavy atom. The fourth-order valence-electron chi connectivity index (χ4n) is 2.05. The molecule has 9 heteroatoms. The number of halogens is 2. The lowest BCUT2D eigenvalue weighted by molar-refractivity contribution is -0.117. The first-order valence-corrected chi connectivity index (χ1v) is 6.92. The first-order chi connectivity index (χ1) is 9.21. The Morgan fingerprint density at radius 1 is 1.40 bits per heavy atom. The molecule has 1 aliphatic rings. The zero-order valence-electron chi connectivity index (χ0n) is 9.92. The zero-order valence-corrected chi connectivity index (χ0v) is 10.7. The number of amides is 1. The highest BCUT2D eigenvalue weighted by molar-refractivity contribution is 7.87. The molecule has 2 rings (SSSR count). The van der Waals surface area contributed by atoms with Gasteiger partial charge in [-0.05, 0) is 12.1 Å². The van der Waals surface area contributed by atoms with Crippen LogP contribution in [0.15, 0.2) is 18.2 Å². The fourth-order valence-corrected chi connectivity index (χ4v) is 2.71. The largest absolute Gasteiger partial charge is 0.478 e. The molecule has 108 valence electrons. The van der Waals surface area contributed by atoms with Crippen LogP contribution in [0.5, 0.6) is 0 Å². The summed E-state index contributed by atoms with van der Waals surface area (Å²) < 4.78 is 48.0. The van der Waals surface area contributed by atoms with E-state index in [0.29, 0.717) is 0 Å².